The van der Waals surface area contributed by atoms with Crippen molar-refractivity contribution in [3.05, 3.63) is 66.4 Å². The Morgan fingerprint density at radius 2 is 2.00 bits per heavy atom. The lowest BCUT2D eigenvalue weighted by atomic mass is 9.87. The Morgan fingerprint density at radius 1 is 1.08 bits per heavy atom. The van der Waals surface area contributed by atoms with Crippen molar-refractivity contribution in [2.75, 3.05) is 5.32 Å². The Labute approximate surface area is 228 Å². The second-order valence-electron chi connectivity index (χ2n) is 10.2. The van der Waals surface area contributed by atoms with Gasteiger partial charge in [-0.25, -0.2) is 9.97 Å². The number of thiophene rings is 1. The van der Waals surface area contributed by atoms with Crippen LogP contribution in [0.2, 0.25) is 0 Å². The fourth-order valence-electron chi connectivity index (χ4n) is 5.56. The zero-order chi connectivity index (χ0) is 26.2. The smallest absolute Gasteiger partial charge is 0.224 e. The molecule has 0 aliphatic heterocycles. The quantitative estimate of drug-likeness (QED) is 0.210. The van der Waals surface area contributed by atoms with Crippen molar-refractivity contribution in [3.63, 3.8) is 0 Å². The van der Waals surface area contributed by atoms with Gasteiger partial charge >= 0.3 is 0 Å². The summed E-state index contributed by atoms with van der Waals surface area (Å²) in [4.78, 5) is 31.2. The Balaban J connectivity index is 1.19. The highest BCUT2D eigenvalue weighted by Crippen LogP contribution is 2.35. The second-order valence-corrected chi connectivity index (χ2v) is 11.1. The minimum atomic E-state index is 0.0516. The van der Waals surface area contributed by atoms with Crippen molar-refractivity contribution >= 4 is 45.0 Å². The molecule has 6 heterocycles. The number of aromatic amines is 2. The fraction of sp³-hybridized carbons (Fsp3) is 0.233. The van der Waals surface area contributed by atoms with E-state index in [9.17, 15) is 4.79 Å². The summed E-state index contributed by atoms with van der Waals surface area (Å²) in [6.07, 6.45) is 11.9. The Hall–Kier alpha value is -4.37. The largest absolute Gasteiger partial charge is 0.338 e. The van der Waals surface area contributed by atoms with E-state index in [0.29, 0.717) is 18.0 Å². The number of carbonyl (C=O) groups excluding carboxylic acids is 1. The zero-order valence-corrected chi connectivity index (χ0v) is 22.1. The number of hydrogen-bond donors (Lipinski definition) is 3. The average molecular weight is 534 g/mol. The lowest BCUT2D eigenvalue weighted by molar-refractivity contribution is -0.117. The minimum absolute atomic E-state index is 0.0516. The molecular formula is C30H27N7OS. The molecule has 0 aromatic carbocycles. The predicted molar refractivity (Wildman–Crippen MR) is 155 cm³/mol. The number of H-pyrrole nitrogens is 2. The van der Waals surface area contributed by atoms with E-state index in [1.54, 1.807) is 23.7 Å². The van der Waals surface area contributed by atoms with Gasteiger partial charge in [-0.1, -0.05) is 25.3 Å². The molecule has 7 rings (SSSR count). The van der Waals surface area contributed by atoms with E-state index in [1.165, 1.54) is 24.1 Å². The minimum Gasteiger partial charge on any atom is -0.338 e. The van der Waals surface area contributed by atoms with Gasteiger partial charge < -0.3 is 10.3 Å². The van der Waals surface area contributed by atoms with Crippen molar-refractivity contribution in [2.24, 2.45) is 5.92 Å². The summed E-state index contributed by atoms with van der Waals surface area (Å²) in [5.74, 6) is 0.537. The summed E-state index contributed by atoms with van der Waals surface area (Å²) in [5.41, 5.74) is 7.39. The van der Waals surface area contributed by atoms with E-state index in [1.807, 2.05) is 30.5 Å². The predicted octanol–water partition coefficient (Wildman–Crippen LogP) is 7.20. The molecule has 1 saturated carbocycles. The van der Waals surface area contributed by atoms with Crippen molar-refractivity contribution in [3.8, 4) is 33.1 Å². The van der Waals surface area contributed by atoms with Gasteiger partial charge in [-0.05, 0) is 60.5 Å². The third-order valence-electron chi connectivity index (χ3n) is 7.50. The molecule has 3 N–H and O–H groups in total. The first kappa shape index (κ1) is 23.7. The van der Waals surface area contributed by atoms with Crippen LogP contribution in [0.25, 0.3) is 55.2 Å². The molecular weight excluding hydrogens is 506 g/mol. The number of pyridine rings is 3. The van der Waals surface area contributed by atoms with Crippen molar-refractivity contribution in [2.45, 2.75) is 38.5 Å². The Morgan fingerprint density at radius 3 is 2.87 bits per heavy atom. The van der Waals surface area contributed by atoms with Crippen LogP contribution in [0, 0.1) is 5.92 Å². The maximum Gasteiger partial charge on any atom is 0.224 e. The number of amides is 1. The van der Waals surface area contributed by atoms with E-state index in [-0.39, 0.29) is 5.91 Å². The van der Waals surface area contributed by atoms with Gasteiger partial charge in [0.25, 0.3) is 0 Å². The van der Waals surface area contributed by atoms with Crippen LogP contribution in [0.5, 0.6) is 0 Å². The number of fused-ring (bicyclic) bond motifs is 2. The molecule has 39 heavy (non-hydrogen) atoms. The number of anilines is 1. The van der Waals surface area contributed by atoms with Crippen molar-refractivity contribution < 1.29 is 4.79 Å². The highest BCUT2D eigenvalue weighted by molar-refractivity contribution is 7.13. The van der Waals surface area contributed by atoms with Gasteiger partial charge in [0.2, 0.25) is 5.91 Å². The Bertz CT molecular complexity index is 1780. The van der Waals surface area contributed by atoms with Gasteiger partial charge in [-0.3, -0.25) is 14.9 Å². The molecule has 0 radical (unpaired) electrons. The number of aromatic nitrogens is 6. The standard InChI is InChI=1S/C30H27N7OS/c38-27(13-18-5-2-1-3-6-18)33-20-14-19(16-31-17-20)23-8-9-24-28(34-23)29(37-36-24)25-15-22-21(26-7-4-12-39-26)10-11-32-30(22)35-25/h4,7-12,14-18H,1-3,5-6,13H2,(H,32,35)(H,33,38)(H,36,37). The summed E-state index contributed by atoms with van der Waals surface area (Å²) >= 11 is 1.70. The molecule has 8 nitrogen and oxygen atoms in total. The summed E-state index contributed by atoms with van der Waals surface area (Å²) in [7, 11) is 0. The van der Waals surface area contributed by atoms with E-state index in [4.69, 9.17) is 4.98 Å². The Kier molecular flexibility index (Phi) is 6.13. The summed E-state index contributed by atoms with van der Waals surface area (Å²) in [5, 5.41) is 13.9. The van der Waals surface area contributed by atoms with Crippen LogP contribution in [0.4, 0.5) is 5.69 Å². The maximum absolute atomic E-state index is 12.7. The zero-order valence-electron chi connectivity index (χ0n) is 21.3. The van der Waals surface area contributed by atoms with Crippen LogP contribution in [0.3, 0.4) is 0 Å². The number of carbonyl (C=O) groups is 1. The lowest BCUT2D eigenvalue weighted by Gasteiger charge is -2.20. The van der Waals surface area contributed by atoms with Gasteiger partial charge in [0.05, 0.1) is 28.8 Å². The summed E-state index contributed by atoms with van der Waals surface area (Å²) in [6.45, 7) is 0. The number of rotatable bonds is 6. The van der Waals surface area contributed by atoms with Crippen molar-refractivity contribution in [1.29, 1.82) is 0 Å². The molecule has 0 unspecified atom stereocenters. The topological polar surface area (TPSA) is 112 Å². The van der Waals surface area contributed by atoms with Gasteiger partial charge in [0, 0.05) is 40.2 Å². The molecule has 6 aromatic heterocycles. The van der Waals surface area contributed by atoms with Gasteiger partial charge in [0.15, 0.2) is 0 Å². The average Bonchev–Trinajstić information content (AvgIpc) is 3.73. The monoisotopic (exact) mass is 533 g/mol. The molecule has 1 amide bonds. The number of nitrogens with zero attached hydrogens (tertiary/aromatic N) is 4. The molecule has 0 atom stereocenters. The first-order valence-corrected chi connectivity index (χ1v) is 14.2. The molecule has 194 valence electrons. The molecule has 1 fully saturated rings. The molecule has 0 spiro atoms. The first-order chi connectivity index (χ1) is 19.2. The van der Waals surface area contributed by atoms with E-state index >= 15 is 0 Å². The molecule has 6 aromatic rings. The first-order valence-electron chi connectivity index (χ1n) is 13.3. The highest BCUT2D eigenvalue weighted by atomic mass is 32.1. The highest BCUT2D eigenvalue weighted by Gasteiger charge is 2.18. The molecule has 9 heteroatoms. The van der Waals surface area contributed by atoms with Crippen LogP contribution in [0.15, 0.2) is 66.4 Å². The van der Waals surface area contributed by atoms with Crippen molar-refractivity contribution in [1.82, 2.24) is 30.1 Å². The van der Waals surface area contributed by atoms with Gasteiger partial charge in [-0.2, -0.15) is 5.10 Å². The molecule has 0 saturated heterocycles. The maximum atomic E-state index is 12.7. The SMILES string of the molecule is O=C(CC1CCCCC1)Nc1cncc(-c2ccc3[nH]nc(-c4cc5c(-c6cccs6)ccnc5[nH]4)c3n2)c1. The lowest BCUT2D eigenvalue weighted by Crippen LogP contribution is -2.18. The number of nitrogens with one attached hydrogen (secondary N) is 3. The van der Waals surface area contributed by atoms with E-state index < -0.39 is 0 Å². The molecule has 1 aliphatic carbocycles. The molecule has 0 bridgehead atoms. The third-order valence-corrected chi connectivity index (χ3v) is 8.40. The van der Waals surface area contributed by atoms with Crippen LogP contribution in [0.1, 0.15) is 38.5 Å². The van der Waals surface area contributed by atoms with Gasteiger partial charge in [-0.15, -0.1) is 11.3 Å². The van der Waals surface area contributed by atoms with Crippen LogP contribution in [-0.2, 0) is 4.79 Å². The summed E-state index contributed by atoms with van der Waals surface area (Å²) < 4.78 is 0. The normalized spacial score (nSPS) is 14.3. The van der Waals surface area contributed by atoms with Crippen LogP contribution in [-0.4, -0.2) is 36.0 Å². The van der Waals surface area contributed by atoms with Crippen LogP contribution >= 0.6 is 11.3 Å². The number of hydrogen-bond acceptors (Lipinski definition) is 6. The third kappa shape index (κ3) is 4.70. The molecule has 1 aliphatic rings. The van der Waals surface area contributed by atoms with E-state index in [0.717, 1.165) is 63.1 Å². The van der Waals surface area contributed by atoms with Gasteiger partial charge in [0.1, 0.15) is 16.9 Å². The summed E-state index contributed by atoms with van der Waals surface area (Å²) in [6, 6.07) is 14.1. The van der Waals surface area contributed by atoms with Crippen LogP contribution < -0.4 is 5.32 Å². The second kappa shape index (κ2) is 10.1. The fourth-order valence-corrected chi connectivity index (χ4v) is 6.33. The van der Waals surface area contributed by atoms with E-state index in [2.05, 4.69) is 54.0 Å².